The van der Waals surface area contributed by atoms with Crippen LogP contribution in [0.4, 0.5) is 22.7 Å². The number of nitrogens with zero attached hydrogens (tertiary/aromatic N) is 2. The second-order valence-electron chi connectivity index (χ2n) is 25.2. The van der Waals surface area contributed by atoms with Crippen molar-refractivity contribution in [2.45, 2.75) is 181 Å². The lowest BCUT2D eigenvalue weighted by Crippen LogP contribution is -2.36. The molecule has 2 unspecified atom stereocenters. The molecule has 360 valence electrons. The standard InChI is InChI=1S/C68H78N2/c1-14-51-36-50-34-44(4)64(56-40-59-58(39-54(50)56)66(8,9)29-30-67(59,10)11)70(61-41-60-57(35-43(61)3)65(6,7)28-31-68(60,12)13)62-33-42(2)32-53(45(62)5)55-37-48-22-18-19-23-49(48)38-63(55)69(51)52-26-24-47(25-27-52)46-20-16-15-17-21-46/h14-17,20-21,24-27,32-33,35,37-41,50-51H,1,18-19,22-23,28-31,34,36H2,2-13H3. The minimum Gasteiger partial charge on any atom is -0.334 e. The first-order valence-corrected chi connectivity index (χ1v) is 27.0. The maximum absolute atomic E-state index is 4.75. The van der Waals surface area contributed by atoms with Gasteiger partial charge >= 0.3 is 0 Å². The lowest BCUT2D eigenvalue weighted by Gasteiger charge is -2.46. The van der Waals surface area contributed by atoms with Crippen LogP contribution in [-0.2, 0) is 34.5 Å². The average Bonchev–Trinajstić information content (AvgIpc) is 3.33. The second-order valence-corrected chi connectivity index (χ2v) is 25.2. The summed E-state index contributed by atoms with van der Waals surface area (Å²) >= 11 is 0. The van der Waals surface area contributed by atoms with E-state index in [2.05, 4.69) is 202 Å². The van der Waals surface area contributed by atoms with E-state index < -0.39 is 0 Å². The van der Waals surface area contributed by atoms with Crippen LogP contribution in [0.2, 0.25) is 0 Å². The van der Waals surface area contributed by atoms with Gasteiger partial charge in [0.05, 0.1) is 11.7 Å². The van der Waals surface area contributed by atoms with E-state index in [-0.39, 0.29) is 33.6 Å². The predicted molar refractivity (Wildman–Crippen MR) is 301 cm³/mol. The van der Waals surface area contributed by atoms with E-state index in [0.717, 1.165) is 25.7 Å². The molecule has 6 aromatic carbocycles. The van der Waals surface area contributed by atoms with Gasteiger partial charge in [0.2, 0.25) is 0 Å². The molecule has 2 heteroatoms. The first-order chi connectivity index (χ1) is 33.3. The van der Waals surface area contributed by atoms with Crippen molar-refractivity contribution >= 4 is 28.4 Å². The minimum atomic E-state index is 0.0329. The van der Waals surface area contributed by atoms with Crippen LogP contribution in [-0.4, -0.2) is 6.04 Å². The molecule has 70 heavy (non-hydrogen) atoms. The van der Waals surface area contributed by atoms with Crippen LogP contribution in [0.25, 0.3) is 28.0 Å². The van der Waals surface area contributed by atoms with Crippen LogP contribution in [0.15, 0.2) is 121 Å². The predicted octanol–water partition coefficient (Wildman–Crippen LogP) is 18.7. The van der Waals surface area contributed by atoms with Gasteiger partial charge < -0.3 is 9.80 Å². The topological polar surface area (TPSA) is 6.48 Å². The molecule has 6 aromatic rings. The van der Waals surface area contributed by atoms with Crippen molar-refractivity contribution < 1.29 is 0 Å². The summed E-state index contributed by atoms with van der Waals surface area (Å²) in [4.78, 5) is 5.50. The maximum Gasteiger partial charge on any atom is 0.0526 e. The van der Waals surface area contributed by atoms with Gasteiger partial charge in [-0.1, -0.05) is 122 Å². The summed E-state index contributed by atoms with van der Waals surface area (Å²) in [7, 11) is 0. The van der Waals surface area contributed by atoms with E-state index in [1.54, 1.807) is 5.56 Å². The number of hydrogen-bond acceptors (Lipinski definition) is 2. The van der Waals surface area contributed by atoms with Gasteiger partial charge in [-0.2, -0.15) is 0 Å². The van der Waals surface area contributed by atoms with Gasteiger partial charge in [0, 0.05) is 33.9 Å². The molecule has 0 saturated carbocycles. The molecule has 0 amide bonds. The van der Waals surface area contributed by atoms with Crippen LogP contribution in [0.3, 0.4) is 0 Å². The highest BCUT2D eigenvalue weighted by molar-refractivity contribution is 5.97. The SMILES string of the molecule is C=CC1CC2CC(C)=C(c3cc4c(cc32)C(C)(C)CCC4(C)C)N(c2cc3c(cc2C)C(C)(C)CCC3(C)C)c2cc(C)cc(c2C)-c2cc3c(cc2N1c1ccc(-c2ccccc2)cc1)CCCC3. The molecule has 0 saturated heterocycles. The Balaban J connectivity index is 1.25. The monoisotopic (exact) mass is 923 g/mol. The highest BCUT2D eigenvalue weighted by Crippen LogP contribution is 2.57. The van der Waals surface area contributed by atoms with E-state index in [1.165, 1.54) is 150 Å². The molecule has 0 N–H and O–H groups in total. The van der Waals surface area contributed by atoms with Gasteiger partial charge in [0.25, 0.3) is 0 Å². The third kappa shape index (κ3) is 7.65. The molecule has 4 bridgehead atoms. The maximum atomic E-state index is 4.75. The number of aryl methyl sites for hydroxylation is 4. The van der Waals surface area contributed by atoms with Crippen molar-refractivity contribution in [3.8, 4) is 22.3 Å². The Morgan fingerprint density at radius 3 is 1.74 bits per heavy atom. The minimum absolute atomic E-state index is 0.0329. The zero-order chi connectivity index (χ0) is 49.2. The fourth-order valence-corrected chi connectivity index (χ4v) is 13.9. The second kappa shape index (κ2) is 16.8. The van der Waals surface area contributed by atoms with Gasteiger partial charge in [0.1, 0.15) is 0 Å². The summed E-state index contributed by atoms with van der Waals surface area (Å²) < 4.78 is 0. The number of hydrogen-bond donors (Lipinski definition) is 0. The van der Waals surface area contributed by atoms with Gasteiger partial charge in [0.15, 0.2) is 0 Å². The Kier molecular flexibility index (Phi) is 11.2. The van der Waals surface area contributed by atoms with Crippen molar-refractivity contribution in [2.24, 2.45) is 0 Å². The lowest BCUT2D eigenvalue weighted by atomic mass is 9.61. The fourth-order valence-electron chi connectivity index (χ4n) is 13.9. The highest BCUT2D eigenvalue weighted by atomic mass is 15.2. The normalized spacial score (nSPS) is 21.5. The van der Waals surface area contributed by atoms with Crippen molar-refractivity contribution in [1.29, 1.82) is 0 Å². The smallest absolute Gasteiger partial charge is 0.0526 e. The molecular weight excluding hydrogens is 845 g/mol. The zero-order valence-corrected chi connectivity index (χ0v) is 44.7. The highest BCUT2D eigenvalue weighted by Gasteiger charge is 2.43. The van der Waals surface area contributed by atoms with Crippen LogP contribution in [0, 0.1) is 20.8 Å². The Morgan fingerprint density at radius 2 is 1.11 bits per heavy atom. The fraction of sp³-hybridized carbons (Fsp3) is 0.412. The third-order valence-electron chi connectivity index (χ3n) is 18.5. The van der Waals surface area contributed by atoms with Crippen LogP contribution < -0.4 is 9.80 Å². The Hall–Kier alpha value is -5.60. The van der Waals surface area contributed by atoms with E-state index in [4.69, 9.17) is 6.58 Å². The van der Waals surface area contributed by atoms with Crippen molar-refractivity contribution in [3.63, 3.8) is 0 Å². The largest absolute Gasteiger partial charge is 0.334 e. The van der Waals surface area contributed by atoms with Crippen LogP contribution in [0.1, 0.15) is 181 Å². The lowest BCUT2D eigenvalue weighted by molar-refractivity contribution is 0.331. The van der Waals surface area contributed by atoms with Gasteiger partial charge in [-0.25, -0.2) is 0 Å². The summed E-state index contributed by atoms with van der Waals surface area (Å²) in [6.07, 6.45) is 13.7. The van der Waals surface area contributed by atoms with Crippen molar-refractivity contribution in [3.05, 3.63) is 183 Å². The van der Waals surface area contributed by atoms with Crippen LogP contribution >= 0.6 is 0 Å². The Morgan fingerprint density at radius 1 is 0.543 bits per heavy atom. The number of benzene rings is 6. The van der Waals surface area contributed by atoms with Crippen molar-refractivity contribution in [1.82, 2.24) is 0 Å². The van der Waals surface area contributed by atoms with E-state index in [0.29, 0.717) is 0 Å². The van der Waals surface area contributed by atoms with Gasteiger partial charge in [-0.3, -0.25) is 0 Å². The summed E-state index contributed by atoms with van der Waals surface area (Å²) in [6, 6.07) is 41.3. The molecule has 0 radical (unpaired) electrons. The van der Waals surface area contributed by atoms with Crippen molar-refractivity contribution in [2.75, 3.05) is 9.80 Å². The van der Waals surface area contributed by atoms with E-state index >= 15 is 0 Å². The Bertz CT molecular complexity index is 3110. The Labute approximate surface area is 422 Å². The molecule has 11 rings (SSSR count). The number of allylic oxidation sites excluding steroid dienone is 1. The summed E-state index contributed by atoms with van der Waals surface area (Å²) in [5.41, 5.74) is 29.5. The number of fused-ring (bicyclic) bond motifs is 12. The molecule has 0 spiro atoms. The molecule has 0 aromatic heterocycles. The van der Waals surface area contributed by atoms with Crippen LogP contribution in [0.5, 0.6) is 0 Å². The van der Waals surface area contributed by atoms with Gasteiger partial charge in [-0.05, 0) is 240 Å². The molecule has 4 aliphatic carbocycles. The molecule has 0 fully saturated rings. The molecule has 5 aliphatic rings. The quantitative estimate of drug-likeness (QED) is 0.163. The average molecular weight is 923 g/mol. The molecule has 2 nitrogen and oxygen atoms in total. The summed E-state index contributed by atoms with van der Waals surface area (Å²) in [5, 5.41) is 0. The number of rotatable bonds is 4. The molecule has 1 aliphatic heterocycles. The molecule has 2 atom stereocenters. The first kappa shape index (κ1) is 46.8. The zero-order valence-electron chi connectivity index (χ0n) is 44.7. The first-order valence-electron chi connectivity index (χ1n) is 27.0. The third-order valence-corrected chi connectivity index (χ3v) is 18.5. The number of anilines is 4. The van der Waals surface area contributed by atoms with E-state index in [9.17, 15) is 0 Å². The molecule has 1 heterocycles. The summed E-state index contributed by atoms with van der Waals surface area (Å²) in [6.45, 7) is 34.4. The van der Waals surface area contributed by atoms with E-state index in [1.807, 2.05) is 0 Å². The molecular formula is C68H78N2. The van der Waals surface area contributed by atoms with Gasteiger partial charge in [-0.15, -0.1) is 6.58 Å². The summed E-state index contributed by atoms with van der Waals surface area (Å²) in [5.74, 6) is 0.290.